The molecule has 2 rings (SSSR count). The maximum Gasteiger partial charge on any atom is 0.191 e. The van der Waals surface area contributed by atoms with Crippen molar-refractivity contribution in [3.8, 4) is 5.75 Å². The molecular weight excluding hydrogens is 364 g/mol. The Kier molecular flexibility index (Phi) is 10.9. The van der Waals surface area contributed by atoms with Crippen molar-refractivity contribution in [2.75, 3.05) is 53.6 Å². The Balaban J connectivity index is 1.87. The van der Waals surface area contributed by atoms with Crippen LogP contribution in [0.3, 0.4) is 0 Å². The van der Waals surface area contributed by atoms with E-state index in [1.807, 2.05) is 0 Å². The van der Waals surface area contributed by atoms with Gasteiger partial charge in [-0.3, -0.25) is 0 Å². The first-order valence-electron chi connectivity index (χ1n) is 11.0. The number of rotatable bonds is 11. The second-order valence-corrected chi connectivity index (χ2v) is 7.96. The lowest BCUT2D eigenvalue weighted by Gasteiger charge is -2.29. The van der Waals surface area contributed by atoms with Crippen LogP contribution in [0.5, 0.6) is 5.75 Å². The van der Waals surface area contributed by atoms with E-state index in [0.717, 1.165) is 42.7 Å². The molecule has 6 nitrogen and oxygen atoms in total. The zero-order valence-electron chi connectivity index (χ0n) is 18.8. The van der Waals surface area contributed by atoms with Crippen molar-refractivity contribution in [3.05, 3.63) is 29.3 Å². The Morgan fingerprint density at radius 3 is 2.72 bits per heavy atom. The summed E-state index contributed by atoms with van der Waals surface area (Å²) in [6.07, 6.45) is 4.70. The Hall–Kier alpha value is -1.79. The Bertz CT molecular complexity index is 613. The van der Waals surface area contributed by atoms with Gasteiger partial charge in [-0.15, -0.1) is 0 Å². The maximum absolute atomic E-state index is 5.99. The van der Waals surface area contributed by atoms with E-state index >= 15 is 0 Å². The summed E-state index contributed by atoms with van der Waals surface area (Å²) in [6.45, 7) is 10.4. The minimum Gasteiger partial charge on any atom is -0.493 e. The van der Waals surface area contributed by atoms with E-state index < -0.39 is 0 Å². The van der Waals surface area contributed by atoms with Crippen LogP contribution in [0.2, 0.25) is 0 Å². The van der Waals surface area contributed by atoms with Gasteiger partial charge in [0.1, 0.15) is 5.75 Å². The largest absolute Gasteiger partial charge is 0.493 e. The van der Waals surface area contributed by atoms with Crippen LogP contribution in [-0.2, 0) is 11.3 Å². The SMILES string of the molecule is CCNC(=NCc1ccc(C)cc1OCCCOC)NCCC1CCN(C)CC1. The molecule has 1 heterocycles. The average Bonchev–Trinajstić information content (AvgIpc) is 2.72. The minimum atomic E-state index is 0.601. The monoisotopic (exact) mass is 404 g/mol. The van der Waals surface area contributed by atoms with Gasteiger partial charge in [-0.25, -0.2) is 4.99 Å². The molecule has 0 spiro atoms. The number of nitrogens with one attached hydrogen (secondary N) is 2. The van der Waals surface area contributed by atoms with Gasteiger partial charge in [0.2, 0.25) is 0 Å². The molecular formula is C23H40N4O2. The van der Waals surface area contributed by atoms with Gasteiger partial charge in [-0.1, -0.05) is 12.1 Å². The summed E-state index contributed by atoms with van der Waals surface area (Å²) in [6, 6.07) is 6.33. The third kappa shape index (κ3) is 9.05. The number of ether oxygens (including phenoxy) is 2. The lowest BCUT2D eigenvalue weighted by atomic mass is 9.94. The van der Waals surface area contributed by atoms with Crippen LogP contribution in [0, 0.1) is 12.8 Å². The number of piperidine rings is 1. The minimum absolute atomic E-state index is 0.601. The van der Waals surface area contributed by atoms with Gasteiger partial charge in [-0.2, -0.15) is 0 Å². The third-order valence-corrected chi connectivity index (χ3v) is 5.41. The molecule has 0 bridgehead atoms. The average molecular weight is 405 g/mol. The highest BCUT2D eigenvalue weighted by Gasteiger charge is 2.16. The third-order valence-electron chi connectivity index (χ3n) is 5.41. The van der Waals surface area contributed by atoms with Crippen molar-refractivity contribution in [3.63, 3.8) is 0 Å². The number of aryl methyl sites for hydroxylation is 1. The van der Waals surface area contributed by atoms with Crippen molar-refractivity contribution in [1.29, 1.82) is 0 Å². The fourth-order valence-electron chi connectivity index (χ4n) is 3.56. The summed E-state index contributed by atoms with van der Waals surface area (Å²) in [5.74, 6) is 2.63. The van der Waals surface area contributed by atoms with Gasteiger partial charge in [-0.05, 0) is 70.8 Å². The van der Waals surface area contributed by atoms with Crippen LogP contribution in [0.1, 0.15) is 43.7 Å². The van der Waals surface area contributed by atoms with Crippen molar-refractivity contribution >= 4 is 5.96 Å². The normalized spacial score (nSPS) is 16.1. The van der Waals surface area contributed by atoms with Crippen molar-refractivity contribution in [2.45, 2.75) is 46.1 Å². The van der Waals surface area contributed by atoms with Crippen molar-refractivity contribution in [2.24, 2.45) is 10.9 Å². The predicted molar refractivity (Wildman–Crippen MR) is 121 cm³/mol. The fourth-order valence-corrected chi connectivity index (χ4v) is 3.56. The second kappa shape index (κ2) is 13.4. The summed E-state index contributed by atoms with van der Waals surface area (Å²) >= 11 is 0. The molecule has 1 saturated heterocycles. The highest BCUT2D eigenvalue weighted by atomic mass is 16.5. The molecule has 0 aliphatic carbocycles. The zero-order chi connectivity index (χ0) is 20.9. The molecule has 1 aliphatic rings. The number of guanidine groups is 1. The summed E-state index contributed by atoms with van der Waals surface area (Å²) in [4.78, 5) is 7.22. The molecule has 1 aromatic carbocycles. The van der Waals surface area contributed by atoms with Gasteiger partial charge >= 0.3 is 0 Å². The molecule has 0 amide bonds. The van der Waals surface area contributed by atoms with Gasteiger partial charge < -0.3 is 25.0 Å². The van der Waals surface area contributed by atoms with E-state index in [1.165, 1.54) is 37.9 Å². The van der Waals surface area contributed by atoms with E-state index in [2.05, 4.69) is 54.6 Å². The first-order chi connectivity index (χ1) is 14.1. The van der Waals surface area contributed by atoms with Crippen LogP contribution in [0.15, 0.2) is 23.2 Å². The topological polar surface area (TPSA) is 58.1 Å². The number of likely N-dealkylation sites (tertiary alicyclic amines) is 1. The molecule has 164 valence electrons. The number of hydrogen-bond acceptors (Lipinski definition) is 4. The van der Waals surface area contributed by atoms with Crippen LogP contribution in [-0.4, -0.2) is 64.4 Å². The van der Waals surface area contributed by atoms with E-state index in [-0.39, 0.29) is 0 Å². The second-order valence-electron chi connectivity index (χ2n) is 7.96. The summed E-state index contributed by atoms with van der Waals surface area (Å²) in [5, 5.41) is 6.87. The van der Waals surface area contributed by atoms with E-state index in [0.29, 0.717) is 19.8 Å². The molecule has 1 aliphatic heterocycles. The highest BCUT2D eigenvalue weighted by Crippen LogP contribution is 2.22. The van der Waals surface area contributed by atoms with E-state index in [9.17, 15) is 0 Å². The predicted octanol–water partition coefficient (Wildman–Crippen LogP) is 3.20. The van der Waals surface area contributed by atoms with Gasteiger partial charge in [0.05, 0.1) is 13.2 Å². The molecule has 0 unspecified atom stereocenters. The zero-order valence-corrected chi connectivity index (χ0v) is 18.8. The molecule has 0 aromatic heterocycles. The smallest absolute Gasteiger partial charge is 0.191 e. The number of hydrogen-bond donors (Lipinski definition) is 2. The molecule has 6 heteroatoms. The van der Waals surface area contributed by atoms with Crippen LogP contribution in [0.4, 0.5) is 0 Å². The first-order valence-corrected chi connectivity index (χ1v) is 11.0. The standard InChI is InChI=1S/C23H40N4O2/c1-5-24-23(25-12-9-20-10-13-27(3)14-11-20)26-18-21-8-7-19(2)17-22(21)29-16-6-15-28-4/h7-8,17,20H,5-6,9-16,18H2,1-4H3,(H2,24,25,26). The molecule has 0 atom stereocenters. The Morgan fingerprint density at radius 2 is 2.00 bits per heavy atom. The summed E-state index contributed by atoms with van der Waals surface area (Å²) < 4.78 is 11.1. The Morgan fingerprint density at radius 1 is 1.21 bits per heavy atom. The van der Waals surface area contributed by atoms with E-state index in [1.54, 1.807) is 7.11 Å². The number of nitrogens with zero attached hydrogens (tertiary/aromatic N) is 2. The molecule has 0 radical (unpaired) electrons. The molecule has 2 N–H and O–H groups in total. The fraction of sp³-hybridized carbons (Fsp3) is 0.696. The van der Waals surface area contributed by atoms with Crippen molar-refractivity contribution in [1.82, 2.24) is 15.5 Å². The summed E-state index contributed by atoms with van der Waals surface area (Å²) in [5.41, 5.74) is 2.31. The molecule has 1 aromatic rings. The molecule has 0 saturated carbocycles. The van der Waals surface area contributed by atoms with Gasteiger partial charge in [0.15, 0.2) is 5.96 Å². The molecule has 29 heavy (non-hydrogen) atoms. The maximum atomic E-state index is 5.99. The first kappa shape index (κ1) is 23.5. The number of methoxy groups -OCH3 is 1. The Labute approximate surface area is 177 Å². The lowest BCUT2D eigenvalue weighted by Crippen LogP contribution is -2.39. The lowest BCUT2D eigenvalue weighted by molar-refractivity contribution is 0.172. The molecule has 1 fully saturated rings. The van der Waals surface area contributed by atoms with Gasteiger partial charge in [0.25, 0.3) is 0 Å². The van der Waals surface area contributed by atoms with Crippen LogP contribution < -0.4 is 15.4 Å². The number of benzene rings is 1. The van der Waals surface area contributed by atoms with Crippen LogP contribution >= 0.6 is 0 Å². The highest BCUT2D eigenvalue weighted by molar-refractivity contribution is 5.79. The van der Waals surface area contributed by atoms with Crippen LogP contribution in [0.25, 0.3) is 0 Å². The van der Waals surface area contributed by atoms with E-state index in [4.69, 9.17) is 14.5 Å². The van der Waals surface area contributed by atoms with Crippen molar-refractivity contribution < 1.29 is 9.47 Å². The van der Waals surface area contributed by atoms with Gasteiger partial charge in [0, 0.05) is 38.8 Å². The quantitative estimate of drug-likeness (QED) is 0.337. The summed E-state index contributed by atoms with van der Waals surface area (Å²) in [7, 11) is 3.93. The number of aliphatic imine (C=N–C) groups is 1.